The van der Waals surface area contributed by atoms with Crippen molar-refractivity contribution in [2.45, 2.75) is 58.5 Å². The van der Waals surface area contributed by atoms with E-state index in [-0.39, 0.29) is 23.3 Å². The van der Waals surface area contributed by atoms with Crippen LogP contribution in [0.3, 0.4) is 0 Å². The summed E-state index contributed by atoms with van der Waals surface area (Å²) in [5.41, 5.74) is 1.88. The fourth-order valence-corrected chi connectivity index (χ4v) is 3.20. The highest BCUT2D eigenvalue weighted by molar-refractivity contribution is 5.94. The van der Waals surface area contributed by atoms with E-state index in [1.165, 1.54) is 5.56 Å². The minimum atomic E-state index is -0.135. The second-order valence-electron chi connectivity index (χ2n) is 7.89. The second kappa shape index (κ2) is 9.17. The number of hydrogen-bond acceptors (Lipinski definition) is 3. The van der Waals surface area contributed by atoms with Crippen molar-refractivity contribution in [2.24, 2.45) is 0 Å². The maximum absolute atomic E-state index is 12.3. The molecule has 1 aliphatic rings. The zero-order valence-corrected chi connectivity index (χ0v) is 16.5. The Hall–Kier alpha value is -1.88. The van der Waals surface area contributed by atoms with E-state index in [2.05, 4.69) is 26.1 Å². The van der Waals surface area contributed by atoms with Gasteiger partial charge >= 0.3 is 0 Å². The highest BCUT2D eigenvalue weighted by Gasteiger charge is 2.23. The van der Waals surface area contributed by atoms with Crippen molar-refractivity contribution in [2.75, 3.05) is 26.2 Å². The maximum atomic E-state index is 12.3. The van der Waals surface area contributed by atoms with Gasteiger partial charge in [-0.05, 0) is 42.9 Å². The Balaban J connectivity index is 1.78. The standard InChI is InChI=1S/C21H32N2O3/c1-5-26-18-7-6-14-23(15-18)19(24)12-13-22-20(25)16-8-10-17(11-9-16)21(2,3)4/h8-11,18H,5-7,12-15H2,1-4H3,(H,22,25). The summed E-state index contributed by atoms with van der Waals surface area (Å²) >= 11 is 0. The molecule has 2 amide bonds. The van der Waals surface area contributed by atoms with Crippen molar-refractivity contribution in [3.8, 4) is 0 Å². The number of piperidine rings is 1. The lowest BCUT2D eigenvalue weighted by Gasteiger charge is -2.32. The van der Waals surface area contributed by atoms with E-state index >= 15 is 0 Å². The van der Waals surface area contributed by atoms with E-state index in [4.69, 9.17) is 4.74 Å². The highest BCUT2D eigenvalue weighted by atomic mass is 16.5. The van der Waals surface area contributed by atoms with Gasteiger partial charge in [-0.1, -0.05) is 32.9 Å². The summed E-state index contributed by atoms with van der Waals surface area (Å²) in [6.07, 6.45) is 2.46. The van der Waals surface area contributed by atoms with E-state index in [1.807, 2.05) is 36.1 Å². The molecule has 5 heteroatoms. The fraction of sp³-hybridized carbons (Fsp3) is 0.619. The van der Waals surface area contributed by atoms with Gasteiger partial charge in [0.05, 0.1) is 6.10 Å². The van der Waals surface area contributed by atoms with Gasteiger partial charge in [-0.15, -0.1) is 0 Å². The van der Waals surface area contributed by atoms with Crippen molar-refractivity contribution in [3.63, 3.8) is 0 Å². The molecule has 0 aliphatic carbocycles. The van der Waals surface area contributed by atoms with Crippen molar-refractivity contribution >= 4 is 11.8 Å². The molecule has 0 aromatic heterocycles. The Labute approximate surface area is 157 Å². The van der Waals surface area contributed by atoms with Gasteiger partial charge in [-0.2, -0.15) is 0 Å². The molecule has 0 spiro atoms. The first-order valence-electron chi connectivity index (χ1n) is 9.59. The summed E-state index contributed by atoms with van der Waals surface area (Å²) in [6, 6.07) is 7.66. The number of rotatable bonds is 6. The molecule has 1 N–H and O–H groups in total. The average molecular weight is 360 g/mol. The average Bonchev–Trinajstić information content (AvgIpc) is 2.61. The largest absolute Gasteiger partial charge is 0.377 e. The Kier molecular flexibility index (Phi) is 7.21. The van der Waals surface area contributed by atoms with Crippen LogP contribution in [-0.4, -0.2) is 49.1 Å². The van der Waals surface area contributed by atoms with E-state index < -0.39 is 0 Å². The SMILES string of the molecule is CCOC1CCCN(C(=O)CCNC(=O)c2ccc(C(C)(C)C)cc2)C1. The predicted octanol–water partition coefficient (Wildman–Crippen LogP) is 3.13. The topological polar surface area (TPSA) is 58.6 Å². The lowest BCUT2D eigenvalue weighted by atomic mass is 9.87. The van der Waals surface area contributed by atoms with Gasteiger partial charge in [0, 0.05) is 38.2 Å². The zero-order chi connectivity index (χ0) is 19.2. The van der Waals surface area contributed by atoms with Gasteiger partial charge in [0.1, 0.15) is 0 Å². The maximum Gasteiger partial charge on any atom is 0.251 e. The van der Waals surface area contributed by atoms with Gasteiger partial charge in [0.25, 0.3) is 5.91 Å². The molecule has 1 aromatic carbocycles. The first-order valence-corrected chi connectivity index (χ1v) is 9.59. The molecule has 0 saturated carbocycles. The first kappa shape index (κ1) is 20.4. The number of amides is 2. The molecule has 1 unspecified atom stereocenters. The van der Waals surface area contributed by atoms with Crippen LogP contribution >= 0.6 is 0 Å². The molecule has 1 aromatic rings. The van der Waals surface area contributed by atoms with Crippen molar-refractivity contribution in [3.05, 3.63) is 35.4 Å². The molecule has 26 heavy (non-hydrogen) atoms. The summed E-state index contributed by atoms with van der Waals surface area (Å²) in [6.45, 7) is 10.9. The number of ether oxygens (including phenoxy) is 1. The molecule has 1 heterocycles. The summed E-state index contributed by atoms with van der Waals surface area (Å²) < 4.78 is 5.63. The number of benzene rings is 1. The molecule has 1 atom stereocenters. The second-order valence-corrected chi connectivity index (χ2v) is 7.89. The molecule has 1 fully saturated rings. The quantitative estimate of drug-likeness (QED) is 0.848. The third kappa shape index (κ3) is 5.84. The molecule has 2 rings (SSSR count). The number of carbonyl (C=O) groups excluding carboxylic acids is 2. The van der Waals surface area contributed by atoms with Crippen LogP contribution in [0.1, 0.15) is 62.9 Å². The third-order valence-electron chi connectivity index (χ3n) is 4.77. The normalized spacial score (nSPS) is 17.8. The van der Waals surface area contributed by atoms with Gasteiger partial charge in [0.2, 0.25) is 5.91 Å². The van der Waals surface area contributed by atoms with Crippen molar-refractivity contribution in [1.82, 2.24) is 10.2 Å². The van der Waals surface area contributed by atoms with E-state index in [1.54, 1.807) is 0 Å². The summed E-state index contributed by atoms with van der Waals surface area (Å²) in [4.78, 5) is 26.4. The lowest BCUT2D eigenvalue weighted by molar-refractivity contribution is -0.135. The van der Waals surface area contributed by atoms with Gasteiger partial charge in [-0.25, -0.2) is 0 Å². The smallest absolute Gasteiger partial charge is 0.251 e. The monoisotopic (exact) mass is 360 g/mol. The van der Waals surface area contributed by atoms with E-state index in [0.717, 1.165) is 19.4 Å². The highest BCUT2D eigenvalue weighted by Crippen LogP contribution is 2.22. The number of nitrogens with zero attached hydrogens (tertiary/aromatic N) is 1. The van der Waals surface area contributed by atoms with Crippen LogP contribution in [0.4, 0.5) is 0 Å². The zero-order valence-electron chi connectivity index (χ0n) is 16.5. The van der Waals surface area contributed by atoms with Crippen LogP contribution in [0.15, 0.2) is 24.3 Å². The molecule has 1 saturated heterocycles. The minimum absolute atomic E-state index is 0.0647. The predicted molar refractivity (Wildman–Crippen MR) is 103 cm³/mol. The Morgan fingerprint density at radius 1 is 1.23 bits per heavy atom. The third-order valence-corrected chi connectivity index (χ3v) is 4.77. The van der Waals surface area contributed by atoms with Crippen LogP contribution in [0, 0.1) is 0 Å². The summed E-state index contributed by atoms with van der Waals surface area (Å²) in [5.74, 6) is -0.0538. The first-order chi connectivity index (χ1) is 12.3. The van der Waals surface area contributed by atoms with E-state index in [0.29, 0.717) is 31.7 Å². The van der Waals surface area contributed by atoms with Crippen LogP contribution in [0.5, 0.6) is 0 Å². The molecule has 0 radical (unpaired) electrons. The molecule has 1 aliphatic heterocycles. The molecule has 5 nitrogen and oxygen atoms in total. The van der Waals surface area contributed by atoms with Gasteiger partial charge in [0.15, 0.2) is 0 Å². The molecular formula is C21H32N2O3. The van der Waals surface area contributed by atoms with Crippen molar-refractivity contribution in [1.29, 1.82) is 0 Å². The molecule has 0 bridgehead atoms. The molecular weight excluding hydrogens is 328 g/mol. The van der Waals surface area contributed by atoms with Crippen LogP contribution in [0.25, 0.3) is 0 Å². The van der Waals surface area contributed by atoms with Crippen LogP contribution in [-0.2, 0) is 14.9 Å². The number of hydrogen-bond donors (Lipinski definition) is 1. The number of carbonyl (C=O) groups is 2. The van der Waals surface area contributed by atoms with Gasteiger partial charge in [-0.3, -0.25) is 9.59 Å². The minimum Gasteiger partial charge on any atom is -0.377 e. The molecule has 144 valence electrons. The Morgan fingerprint density at radius 2 is 1.92 bits per heavy atom. The van der Waals surface area contributed by atoms with Crippen LogP contribution < -0.4 is 5.32 Å². The van der Waals surface area contributed by atoms with Gasteiger partial charge < -0.3 is 15.0 Å². The van der Waals surface area contributed by atoms with E-state index in [9.17, 15) is 9.59 Å². The summed E-state index contributed by atoms with van der Waals surface area (Å²) in [7, 11) is 0. The Bertz CT molecular complexity index is 603. The van der Waals surface area contributed by atoms with Crippen LogP contribution in [0.2, 0.25) is 0 Å². The number of likely N-dealkylation sites (tertiary alicyclic amines) is 1. The summed E-state index contributed by atoms with van der Waals surface area (Å²) in [5, 5.41) is 2.85. The van der Waals surface area contributed by atoms with Crippen molar-refractivity contribution < 1.29 is 14.3 Å². The Morgan fingerprint density at radius 3 is 2.54 bits per heavy atom. The number of nitrogens with one attached hydrogen (secondary N) is 1. The fourth-order valence-electron chi connectivity index (χ4n) is 3.20. The lowest BCUT2D eigenvalue weighted by Crippen LogP contribution is -2.44.